The van der Waals surface area contributed by atoms with Gasteiger partial charge in [-0.15, -0.1) is 0 Å². The minimum atomic E-state index is -3.59. The summed E-state index contributed by atoms with van der Waals surface area (Å²) in [6.45, 7) is 0. The van der Waals surface area contributed by atoms with Gasteiger partial charge in [0.25, 0.3) is 0 Å². The molecular formula is C10H15N3O3S2. The number of hydrogen-bond donors (Lipinski definition) is 2. The molecule has 0 atom stereocenters. The van der Waals surface area contributed by atoms with Crippen LogP contribution >= 0.6 is 12.2 Å². The van der Waals surface area contributed by atoms with Gasteiger partial charge in [-0.1, -0.05) is 0 Å². The minimum Gasteiger partial charge on any atom is -0.495 e. The first-order chi connectivity index (χ1) is 8.28. The fraction of sp³-hybridized carbons (Fsp3) is 0.300. The second-order valence-corrected chi connectivity index (χ2v) is 6.20. The maximum absolute atomic E-state index is 12.1. The Morgan fingerprint density at radius 1 is 1.44 bits per heavy atom. The summed E-state index contributed by atoms with van der Waals surface area (Å²) in [4.78, 5) is 0.0521. The van der Waals surface area contributed by atoms with E-state index in [0.717, 1.165) is 4.31 Å². The summed E-state index contributed by atoms with van der Waals surface area (Å²) in [5.74, 6) is 0.261. The highest BCUT2D eigenvalue weighted by atomic mass is 32.2. The second-order valence-electron chi connectivity index (χ2n) is 3.64. The maximum Gasteiger partial charge on any atom is 0.246 e. The summed E-state index contributed by atoms with van der Waals surface area (Å²) in [6, 6.07) is 4.59. The second kappa shape index (κ2) is 5.51. The lowest BCUT2D eigenvalue weighted by Crippen LogP contribution is -2.23. The van der Waals surface area contributed by atoms with Gasteiger partial charge in [0.15, 0.2) is 5.11 Å². The molecular weight excluding hydrogens is 274 g/mol. The van der Waals surface area contributed by atoms with Crippen molar-refractivity contribution < 1.29 is 13.2 Å². The first-order valence-corrected chi connectivity index (χ1v) is 6.81. The Morgan fingerprint density at radius 2 is 2.06 bits per heavy atom. The number of anilines is 1. The normalized spacial score (nSPS) is 11.3. The average molecular weight is 289 g/mol. The van der Waals surface area contributed by atoms with E-state index in [4.69, 9.17) is 22.7 Å². The molecule has 0 saturated carbocycles. The predicted octanol–water partition coefficient (Wildman–Crippen LogP) is 0.601. The molecule has 0 bridgehead atoms. The van der Waals surface area contributed by atoms with E-state index < -0.39 is 10.0 Å². The first kappa shape index (κ1) is 14.7. The van der Waals surface area contributed by atoms with Crippen LogP contribution in [0.3, 0.4) is 0 Å². The Hall–Kier alpha value is -1.38. The molecule has 0 saturated heterocycles. The third-order valence-corrected chi connectivity index (χ3v) is 4.13. The SMILES string of the molecule is COc1ccc(NC(N)=S)cc1S(=O)(=O)N(C)C. The molecule has 0 aliphatic rings. The molecule has 1 aromatic rings. The van der Waals surface area contributed by atoms with Crippen LogP contribution in [0.2, 0.25) is 0 Å². The number of hydrogen-bond acceptors (Lipinski definition) is 4. The molecule has 1 aromatic carbocycles. The van der Waals surface area contributed by atoms with Crippen LogP contribution in [0, 0.1) is 0 Å². The molecule has 0 amide bonds. The number of sulfonamides is 1. The van der Waals surface area contributed by atoms with Crippen molar-refractivity contribution in [3.63, 3.8) is 0 Å². The zero-order valence-corrected chi connectivity index (χ0v) is 11.9. The molecule has 0 aliphatic heterocycles. The number of nitrogens with zero attached hydrogens (tertiary/aromatic N) is 1. The molecule has 0 fully saturated rings. The fourth-order valence-electron chi connectivity index (χ4n) is 1.30. The van der Waals surface area contributed by atoms with Crippen LogP contribution in [0.4, 0.5) is 5.69 Å². The van der Waals surface area contributed by atoms with Crippen LogP contribution < -0.4 is 15.8 Å². The molecule has 0 aromatic heterocycles. The monoisotopic (exact) mass is 289 g/mol. The molecule has 0 heterocycles. The third-order valence-electron chi connectivity index (χ3n) is 2.19. The van der Waals surface area contributed by atoms with Crippen LogP contribution in [-0.4, -0.2) is 39.0 Å². The van der Waals surface area contributed by atoms with Crippen LogP contribution in [0.1, 0.15) is 0 Å². The van der Waals surface area contributed by atoms with Gasteiger partial charge < -0.3 is 15.8 Å². The van der Waals surface area contributed by atoms with Gasteiger partial charge >= 0.3 is 0 Å². The van der Waals surface area contributed by atoms with Crippen LogP contribution in [0.15, 0.2) is 23.1 Å². The Kier molecular flexibility index (Phi) is 4.49. The van der Waals surface area contributed by atoms with Crippen molar-refractivity contribution in [2.45, 2.75) is 4.90 Å². The minimum absolute atomic E-state index is 0.0521. The van der Waals surface area contributed by atoms with Gasteiger partial charge in [-0.2, -0.15) is 0 Å². The Bertz CT molecular complexity index is 555. The van der Waals surface area contributed by atoms with Gasteiger partial charge in [-0.25, -0.2) is 12.7 Å². The van der Waals surface area contributed by atoms with Crippen molar-refractivity contribution in [2.24, 2.45) is 5.73 Å². The van der Waals surface area contributed by atoms with E-state index in [2.05, 4.69) is 5.32 Å². The van der Waals surface area contributed by atoms with Crippen LogP contribution in [-0.2, 0) is 10.0 Å². The lowest BCUT2D eigenvalue weighted by molar-refractivity contribution is 0.400. The third kappa shape index (κ3) is 3.09. The largest absolute Gasteiger partial charge is 0.495 e. The number of nitrogens with two attached hydrogens (primary N) is 1. The molecule has 18 heavy (non-hydrogen) atoms. The number of ether oxygens (including phenoxy) is 1. The summed E-state index contributed by atoms with van der Waals surface area (Å²) in [5, 5.41) is 2.74. The van der Waals surface area contributed by atoms with Crippen LogP contribution in [0.25, 0.3) is 0 Å². The number of thiocarbonyl (C=S) groups is 1. The van der Waals surface area contributed by atoms with E-state index in [1.165, 1.54) is 33.3 Å². The van der Waals surface area contributed by atoms with Crippen molar-refractivity contribution >= 4 is 33.0 Å². The van der Waals surface area contributed by atoms with E-state index in [1.807, 2.05) is 0 Å². The van der Waals surface area contributed by atoms with Gasteiger partial charge in [0.1, 0.15) is 10.6 Å². The number of nitrogens with one attached hydrogen (secondary N) is 1. The molecule has 1 rings (SSSR count). The van der Waals surface area contributed by atoms with Crippen molar-refractivity contribution in [2.75, 3.05) is 26.5 Å². The summed E-state index contributed by atoms with van der Waals surface area (Å²) in [7, 11) is 0.707. The van der Waals surface area contributed by atoms with Gasteiger partial charge in [0, 0.05) is 19.8 Å². The van der Waals surface area contributed by atoms with Crippen molar-refractivity contribution in [3.8, 4) is 5.75 Å². The first-order valence-electron chi connectivity index (χ1n) is 4.96. The molecule has 3 N–H and O–H groups in total. The highest BCUT2D eigenvalue weighted by Crippen LogP contribution is 2.28. The summed E-state index contributed by atoms with van der Waals surface area (Å²) in [6.07, 6.45) is 0. The Labute approximate surface area is 112 Å². The molecule has 0 unspecified atom stereocenters. The van der Waals surface area contributed by atoms with E-state index >= 15 is 0 Å². The van der Waals surface area contributed by atoms with Crippen molar-refractivity contribution in [3.05, 3.63) is 18.2 Å². The zero-order valence-electron chi connectivity index (χ0n) is 10.3. The topological polar surface area (TPSA) is 84.7 Å². The number of rotatable bonds is 4. The van der Waals surface area contributed by atoms with E-state index in [0.29, 0.717) is 5.69 Å². The van der Waals surface area contributed by atoms with Crippen molar-refractivity contribution in [1.29, 1.82) is 0 Å². The number of benzene rings is 1. The average Bonchev–Trinajstić information content (AvgIpc) is 2.27. The fourth-order valence-corrected chi connectivity index (χ4v) is 2.49. The molecule has 0 radical (unpaired) electrons. The summed E-state index contributed by atoms with van der Waals surface area (Å²) in [5.41, 5.74) is 5.83. The summed E-state index contributed by atoms with van der Waals surface area (Å²) < 4.78 is 30.4. The van der Waals surface area contributed by atoms with E-state index in [1.54, 1.807) is 6.07 Å². The lowest BCUT2D eigenvalue weighted by atomic mass is 10.3. The standard InChI is InChI=1S/C10H15N3O3S2/c1-13(2)18(14,15)9-6-7(12-10(11)17)4-5-8(9)16-3/h4-6H,1-3H3,(H3,11,12,17). The molecule has 0 aliphatic carbocycles. The van der Waals surface area contributed by atoms with Gasteiger partial charge in [0.2, 0.25) is 10.0 Å². The zero-order chi connectivity index (χ0) is 13.9. The smallest absolute Gasteiger partial charge is 0.246 e. The highest BCUT2D eigenvalue weighted by molar-refractivity contribution is 7.89. The van der Waals surface area contributed by atoms with E-state index in [9.17, 15) is 8.42 Å². The predicted molar refractivity (Wildman–Crippen MR) is 74.3 cm³/mol. The summed E-state index contributed by atoms with van der Waals surface area (Å²) >= 11 is 4.70. The molecule has 8 heteroatoms. The van der Waals surface area contributed by atoms with Gasteiger partial charge in [-0.3, -0.25) is 0 Å². The number of methoxy groups -OCH3 is 1. The maximum atomic E-state index is 12.1. The molecule has 100 valence electrons. The van der Waals surface area contributed by atoms with Gasteiger partial charge in [-0.05, 0) is 30.4 Å². The molecule has 0 spiro atoms. The molecule has 6 nitrogen and oxygen atoms in total. The van der Waals surface area contributed by atoms with E-state index in [-0.39, 0.29) is 15.8 Å². The van der Waals surface area contributed by atoms with Gasteiger partial charge in [0.05, 0.1) is 7.11 Å². The quantitative estimate of drug-likeness (QED) is 0.790. The lowest BCUT2D eigenvalue weighted by Gasteiger charge is -2.15. The highest BCUT2D eigenvalue weighted by Gasteiger charge is 2.22. The van der Waals surface area contributed by atoms with Crippen molar-refractivity contribution in [1.82, 2.24) is 4.31 Å². The Morgan fingerprint density at radius 3 is 2.50 bits per heavy atom. The Balaban J connectivity index is 3.35. The van der Waals surface area contributed by atoms with Crippen LogP contribution in [0.5, 0.6) is 5.75 Å².